The molecule has 4 aromatic rings. The van der Waals surface area contributed by atoms with Crippen molar-refractivity contribution in [2.45, 2.75) is 0 Å². The quantitative estimate of drug-likeness (QED) is 0.228. The third kappa shape index (κ3) is 3.69. The number of para-hydroxylation sites is 2. The van der Waals surface area contributed by atoms with Crippen LogP contribution in [-0.4, -0.2) is 11.4 Å². The van der Waals surface area contributed by atoms with Crippen LogP contribution in [0.5, 0.6) is 0 Å². The number of halogens is 2. The summed E-state index contributed by atoms with van der Waals surface area (Å²) in [4.78, 5) is 10.3. The highest BCUT2D eigenvalue weighted by Gasteiger charge is 2.19. The van der Waals surface area contributed by atoms with Crippen LogP contribution in [-0.2, 0) is 0 Å². The highest BCUT2D eigenvalue weighted by molar-refractivity contribution is 9.10. The molecule has 144 valence electrons. The molecule has 4 heteroatoms. The zero-order valence-corrected chi connectivity index (χ0v) is 19.1. The van der Waals surface area contributed by atoms with Gasteiger partial charge >= 0.3 is 0 Å². The summed E-state index contributed by atoms with van der Waals surface area (Å²) in [5.74, 6) is 0. The SMILES string of the molecule is Brc1ccc(/C2=N/c3ccccc3/C(c3ccc(Br)cc3)=N\c3ccccc32)cc1. The number of nitrogens with zero attached hydrogens (tertiary/aromatic N) is 2. The lowest BCUT2D eigenvalue weighted by atomic mass is 9.96. The summed E-state index contributed by atoms with van der Waals surface area (Å²) in [7, 11) is 0. The van der Waals surface area contributed by atoms with Gasteiger partial charge < -0.3 is 0 Å². The van der Waals surface area contributed by atoms with E-state index in [9.17, 15) is 0 Å². The summed E-state index contributed by atoms with van der Waals surface area (Å²) in [6, 6.07) is 32.9. The summed E-state index contributed by atoms with van der Waals surface area (Å²) in [6.07, 6.45) is 0. The van der Waals surface area contributed by atoms with Gasteiger partial charge in [0.2, 0.25) is 0 Å². The lowest BCUT2D eigenvalue weighted by Crippen LogP contribution is -2.10. The van der Waals surface area contributed by atoms with Crippen LogP contribution in [0.4, 0.5) is 11.4 Å². The molecule has 1 aliphatic rings. The first-order valence-corrected chi connectivity index (χ1v) is 11.2. The first-order valence-electron chi connectivity index (χ1n) is 9.57. The van der Waals surface area contributed by atoms with Gasteiger partial charge in [-0.3, -0.25) is 0 Å². The Morgan fingerprint density at radius 1 is 0.433 bits per heavy atom. The van der Waals surface area contributed by atoms with Crippen molar-refractivity contribution in [3.63, 3.8) is 0 Å². The molecule has 0 spiro atoms. The second kappa shape index (κ2) is 8.13. The van der Waals surface area contributed by atoms with E-state index in [0.717, 1.165) is 54.0 Å². The predicted octanol–water partition coefficient (Wildman–Crippen LogP) is 7.86. The molecule has 0 aliphatic carbocycles. The molecule has 0 bridgehead atoms. The number of hydrogen-bond acceptors (Lipinski definition) is 2. The summed E-state index contributed by atoms with van der Waals surface area (Å²) < 4.78 is 2.09. The van der Waals surface area contributed by atoms with Gasteiger partial charge in [-0.25, -0.2) is 9.98 Å². The molecule has 30 heavy (non-hydrogen) atoms. The van der Waals surface area contributed by atoms with Crippen molar-refractivity contribution in [2.24, 2.45) is 9.98 Å². The van der Waals surface area contributed by atoms with Crippen LogP contribution in [0.1, 0.15) is 22.3 Å². The average molecular weight is 516 g/mol. The molecule has 0 aromatic heterocycles. The molecule has 0 radical (unpaired) electrons. The van der Waals surface area contributed by atoms with Crippen molar-refractivity contribution < 1.29 is 0 Å². The molecule has 2 nitrogen and oxygen atoms in total. The van der Waals surface area contributed by atoms with E-state index >= 15 is 0 Å². The van der Waals surface area contributed by atoms with Crippen molar-refractivity contribution in [2.75, 3.05) is 0 Å². The third-order valence-corrected chi connectivity index (χ3v) is 6.08. The van der Waals surface area contributed by atoms with Crippen LogP contribution in [0, 0.1) is 0 Å². The average Bonchev–Trinajstić information content (AvgIpc) is 2.77. The van der Waals surface area contributed by atoms with Crippen LogP contribution in [0.25, 0.3) is 0 Å². The van der Waals surface area contributed by atoms with Gasteiger partial charge in [-0.15, -0.1) is 0 Å². The summed E-state index contributed by atoms with van der Waals surface area (Å²) >= 11 is 7.06. The molecular formula is C26H16Br2N2. The number of benzene rings is 4. The van der Waals surface area contributed by atoms with Gasteiger partial charge in [-0.1, -0.05) is 92.5 Å². The molecule has 4 aromatic carbocycles. The van der Waals surface area contributed by atoms with Gasteiger partial charge in [0.05, 0.1) is 22.8 Å². The Labute approximate surface area is 192 Å². The Balaban J connectivity index is 1.79. The minimum absolute atomic E-state index is 0.909. The molecule has 1 heterocycles. The summed E-state index contributed by atoms with van der Waals surface area (Å²) in [6.45, 7) is 0. The molecular weight excluding hydrogens is 500 g/mol. The smallest absolute Gasteiger partial charge is 0.0803 e. The molecule has 5 rings (SSSR count). The molecule has 0 saturated carbocycles. The number of fused-ring (bicyclic) bond motifs is 2. The maximum atomic E-state index is 5.14. The maximum Gasteiger partial charge on any atom is 0.0803 e. The summed E-state index contributed by atoms with van der Waals surface area (Å²) in [5.41, 5.74) is 7.81. The number of rotatable bonds is 2. The van der Waals surface area contributed by atoms with Crippen LogP contribution >= 0.6 is 31.9 Å². The van der Waals surface area contributed by atoms with E-state index in [4.69, 9.17) is 9.98 Å². The fourth-order valence-electron chi connectivity index (χ4n) is 3.56. The molecule has 0 N–H and O–H groups in total. The van der Waals surface area contributed by atoms with E-state index < -0.39 is 0 Å². The lowest BCUT2D eigenvalue weighted by Gasteiger charge is -2.18. The van der Waals surface area contributed by atoms with Gasteiger partial charge in [-0.2, -0.15) is 0 Å². The van der Waals surface area contributed by atoms with E-state index in [0.29, 0.717) is 0 Å². The van der Waals surface area contributed by atoms with E-state index in [1.165, 1.54) is 0 Å². The highest BCUT2D eigenvalue weighted by Crippen LogP contribution is 2.33. The first-order chi connectivity index (χ1) is 14.7. The highest BCUT2D eigenvalue weighted by atomic mass is 79.9. The van der Waals surface area contributed by atoms with Crippen LogP contribution in [0.2, 0.25) is 0 Å². The maximum absolute atomic E-state index is 5.14. The van der Waals surface area contributed by atoms with E-state index in [1.54, 1.807) is 0 Å². The van der Waals surface area contributed by atoms with Crippen molar-refractivity contribution in [3.05, 3.63) is 128 Å². The van der Waals surface area contributed by atoms with Crippen molar-refractivity contribution in [1.82, 2.24) is 0 Å². The van der Waals surface area contributed by atoms with Crippen molar-refractivity contribution in [3.8, 4) is 0 Å². The largest absolute Gasteiger partial charge is 0.247 e. The predicted molar refractivity (Wildman–Crippen MR) is 132 cm³/mol. The Kier molecular flexibility index (Phi) is 5.19. The Bertz CT molecular complexity index is 1180. The topological polar surface area (TPSA) is 24.7 Å². The molecule has 0 saturated heterocycles. The molecule has 0 unspecified atom stereocenters. The Hall–Kier alpha value is -2.82. The van der Waals surface area contributed by atoms with E-state index in [1.807, 2.05) is 48.5 Å². The third-order valence-electron chi connectivity index (χ3n) is 5.02. The Morgan fingerprint density at radius 2 is 0.800 bits per heavy atom. The molecule has 0 fully saturated rings. The van der Waals surface area contributed by atoms with Crippen LogP contribution in [0.15, 0.2) is 116 Å². The van der Waals surface area contributed by atoms with Gasteiger partial charge in [0.25, 0.3) is 0 Å². The van der Waals surface area contributed by atoms with Gasteiger partial charge in [0, 0.05) is 31.2 Å². The summed E-state index contributed by atoms with van der Waals surface area (Å²) in [5, 5.41) is 0. The fourth-order valence-corrected chi connectivity index (χ4v) is 4.09. The molecule has 0 amide bonds. The minimum atomic E-state index is 0.909. The monoisotopic (exact) mass is 514 g/mol. The van der Waals surface area contributed by atoms with E-state index in [2.05, 4.69) is 80.4 Å². The minimum Gasteiger partial charge on any atom is -0.247 e. The zero-order valence-electron chi connectivity index (χ0n) is 15.9. The first kappa shape index (κ1) is 19.2. The van der Waals surface area contributed by atoms with Gasteiger partial charge in [-0.05, 0) is 36.4 Å². The van der Waals surface area contributed by atoms with Crippen LogP contribution < -0.4 is 0 Å². The van der Waals surface area contributed by atoms with Crippen molar-refractivity contribution >= 4 is 54.7 Å². The second-order valence-electron chi connectivity index (χ2n) is 6.97. The second-order valence-corrected chi connectivity index (χ2v) is 8.80. The number of hydrogen-bond donors (Lipinski definition) is 0. The van der Waals surface area contributed by atoms with Gasteiger partial charge in [0.1, 0.15) is 0 Å². The molecule has 0 atom stereocenters. The molecule has 1 aliphatic heterocycles. The van der Waals surface area contributed by atoms with Gasteiger partial charge in [0.15, 0.2) is 0 Å². The fraction of sp³-hybridized carbons (Fsp3) is 0. The number of aliphatic imine (C=N–C) groups is 2. The standard InChI is InChI=1S/C26H16Br2N2/c27-19-13-9-17(10-14-19)25-21-5-1-3-7-23(21)29-26(18-11-15-20(28)16-12-18)22-6-2-4-8-24(22)30-25/h1-16H/b25-21?,26-22?,29-23?,29-26-,30-24?,30-25-. The normalized spacial score (nSPS) is 16.2. The van der Waals surface area contributed by atoms with Crippen LogP contribution in [0.3, 0.4) is 0 Å². The van der Waals surface area contributed by atoms with Crippen molar-refractivity contribution in [1.29, 1.82) is 0 Å². The zero-order chi connectivity index (χ0) is 20.5. The lowest BCUT2D eigenvalue weighted by molar-refractivity contribution is 1.39. The van der Waals surface area contributed by atoms with E-state index in [-0.39, 0.29) is 0 Å². The Morgan fingerprint density at radius 3 is 1.20 bits per heavy atom.